The highest BCUT2D eigenvalue weighted by Crippen LogP contribution is 2.40. The van der Waals surface area contributed by atoms with Gasteiger partial charge in [0.05, 0.1) is 12.3 Å². The highest BCUT2D eigenvalue weighted by Gasteiger charge is 2.53. The summed E-state index contributed by atoms with van der Waals surface area (Å²) in [7, 11) is 0. The van der Waals surface area contributed by atoms with Crippen LogP contribution in [0.2, 0.25) is 0 Å². The minimum absolute atomic E-state index is 0.148. The van der Waals surface area contributed by atoms with Gasteiger partial charge < -0.3 is 25.4 Å². The van der Waals surface area contributed by atoms with E-state index in [-0.39, 0.29) is 5.91 Å². The molecule has 0 unspecified atom stereocenters. The molecule has 0 radical (unpaired) electrons. The molecule has 1 aliphatic heterocycles. The predicted molar refractivity (Wildman–Crippen MR) is 87.8 cm³/mol. The van der Waals surface area contributed by atoms with E-state index >= 15 is 0 Å². The Morgan fingerprint density at radius 2 is 2.20 bits per heavy atom. The third-order valence-electron chi connectivity index (χ3n) is 4.54. The Bertz CT molecular complexity index is 779. The number of rotatable bonds is 5. The quantitative estimate of drug-likeness (QED) is 0.587. The molecule has 1 saturated heterocycles. The maximum Gasteiger partial charge on any atom is 0.225 e. The van der Waals surface area contributed by atoms with E-state index in [1.165, 1.54) is 10.8 Å². The van der Waals surface area contributed by atoms with Gasteiger partial charge in [-0.05, 0) is 25.5 Å². The lowest BCUT2D eigenvalue weighted by molar-refractivity contribution is -0.116. The fourth-order valence-corrected chi connectivity index (χ4v) is 3.17. The third kappa shape index (κ3) is 2.89. The number of nitrogens with zero attached hydrogens (tertiary/aromatic N) is 3. The maximum absolute atomic E-state index is 11.9. The van der Waals surface area contributed by atoms with Crippen molar-refractivity contribution >= 4 is 17.2 Å². The van der Waals surface area contributed by atoms with Gasteiger partial charge in [-0.2, -0.15) is 5.10 Å². The van der Waals surface area contributed by atoms with Gasteiger partial charge in [-0.3, -0.25) is 4.79 Å². The summed E-state index contributed by atoms with van der Waals surface area (Å²) in [6, 6.07) is 3.39. The normalized spacial score (nSPS) is 29.2. The molecule has 1 fully saturated rings. The van der Waals surface area contributed by atoms with Crippen molar-refractivity contribution in [2.24, 2.45) is 0 Å². The van der Waals surface area contributed by atoms with Crippen LogP contribution >= 0.6 is 0 Å². The molecule has 0 aliphatic carbocycles. The molecule has 0 bridgehead atoms. The average molecular weight is 350 g/mol. The minimum Gasteiger partial charge on any atom is -0.394 e. The summed E-state index contributed by atoms with van der Waals surface area (Å²) in [5.74, 6) is 0.208. The molecular weight excluding hydrogens is 328 g/mol. The van der Waals surface area contributed by atoms with E-state index in [9.17, 15) is 20.1 Å². The largest absolute Gasteiger partial charge is 0.394 e. The standard InChI is InChI=1S/C16H22N4O5/c1-3-4-12(22)19-15-9-5-6-11(20(9)18-8-17-15)16(2)14(24)13(23)10(7-21)25-16/h5-6,8,10,13-14,21,23-24H,3-4,7H2,1-2H3,(H,17,18,19,22)/t10-,13-,14-,16+/m1/s1. The molecule has 9 heteroatoms. The zero-order valence-corrected chi connectivity index (χ0v) is 14.1. The fourth-order valence-electron chi connectivity index (χ4n) is 3.17. The SMILES string of the molecule is CCCC(=O)Nc1ncnn2c([C@]3(C)O[C@H](CO)[C@@H](O)[C@H]3O)ccc12. The van der Waals surface area contributed by atoms with Crippen LogP contribution in [0.15, 0.2) is 18.5 Å². The van der Waals surface area contributed by atoms with Gasteiger partial charge in [-0.25, -0.2) is 9.50 Å². The molecule has 4 atom stereocenters. The molecule has 1 aliphatic rings. The number of aromatic nitrogens is 3. The minimum atomic E-state index is -1.27. The molecule has 2 aromatic rings. The first-order valence-electron chi connectivity index (χ1n) is 8.20. The van der Waals surface area contributed by atoms with Crippen LogP contribution in [0, 0.1) is 0 Å². The van der Waals surface area contributed by atoms with E-state index in [4.69, 9.17) is 4.74 Å². The van der Waals surface area contributed by atoms with E-state index < -0.39 is 30.5 Å². The molecule has 3 rings (SSSR count). The van der Waals surface area contributed by atoms with Crippen molar-refractivity contribution in [3.05, 3.63) is 24.2 Å². The summed E-state index contributed by atoms with van der Waals surface area (Å²) in [5, 5.41) is 36.7. The number of carbonyl (C=O) groups is 1. The van der Waals surface area contributed by atoms with Crippen LogP contribution in [0.5, 0.6) is 0 Å². The second-order valence-electron chi connectivity index (χ2n) is 6.30. The first kappa shape index (κ1) is 17.7. The lowest BCUT2D eigenvalue weighted by Gasteiger charge is -2.27. The zero-order chi connectivity index (χ0) is 18.2. The van der Waals surface area contributed by atoms with Crippen molar-refractivity contribution in [3.63, 3.8) is 0 Å². The van der Waals surface area contributed by atoms with Crippen molar-refractivity contribution in [3.8, 4) is 0 Å². The summed E-state index contributed by atoms with van der Waals surface area (Å²) in [6.45, 7) is 3.12. The Morgan fingerprint density at radius 1 is 1.44 bits per heavy atom. The summed E-state index contributed by atoms with van der Waals surface area (Å²) < 4.78 is 7.22. The van der Waals surface area contributed by atoms with Crippen LogP contribution in [0.3, 0.4) is 0 Å². The highest BCUT2D eigenvalue weighted by molar-refractivity contribution is 5.93. The van der Waals surface area contributed by atoms with Crippen LogP contribution < -0.4 is 5.32 Å². The molecule has 0 saturated carbocycles. The molecule has 25 heavy (non-hydrogen) atoms. The summed E-state index contributed by atoms with van der Waals surface area (Å²) in [5.41, 5.74) is -0.238. The number of amides is 1. The van der Waals surface area contributed by atoms with Gasteiger partial charge in [-0.15, -0.1) is 0 Å². The van der Waals surface area contributed by atoms with Gasteiger partial charge in [0.1, 0.15) is 35.8 Å². The maximum atomic E-state index is 11.9. The molecule has 0 aromatic carbocycles. The number of hydrogen-bond donors (Lipinski definition) is 4. The van der Waals surface area contributed by atoms with Crippen molar-refractivity contribution in [2.75, 3.05) is 11.9 Å². The summed E-state index contributed by atoms with van der Waals surface area (Å²) in [4.78, 5) is 16.0. The second kappa shape index (κ2) is 6.68. The highest BCUT2D eigenvalue weighted by atomic mass is 16.6. The Hall–Kier alpha value is -2.07. The smallest absolute Gasteiger partial charge is 0.225 e. The molecule has 3 heterocycles. The summed E-state index contributed by atoms with van der Waals surface area (Å²) >= 11 is 0. The first-order valence-corrected chi connectivity index (χ1v) is 8.20. The van der Waals surface area contributed by atoms with Crippen molar-refractivity contribution in [2.45, 2.75) is 50.6 Å². The molecule has 9 nitrogen and oxygen atoms in total. The van der Waals surface area contributed by atoms with Gasteiger partial charge in [-0.1, -0.05) is 6.92 Å². The number of aliphatic hydroxyl groups excluding tert-OH is 3. The van der Waals surface area contributed by atoms with E-state index in [1.54, 1.807) is 19.1 Å². The van der Waals surface area contributed by atoms with Gasteiger partial charge in [0.15, 0.2) is 5.82 Å². The first-order chi connectivity index (χ1) is 11.9. The number of ether oxygens (including phenoxy) is 1. The molecular formula is C16H22N4O5. The van der Waals surface area contributed by atoms with Crippen LogP contribution in [-0.4, -0.2) is 60.7 Å². The monoisotopic (exact) mass is 350 g/mol. The Labute approximate surface area is 144 Å². The van der Waals surface area contributed by atoms with E-state index in [0.717, 1.165) is 6.42 Å². The van der Waals surface area contributed by atoms with Crippen LogP contribution in [0.1, 0.15) is 32.4 Å². The topological polar surface area (TPSA) is 129 Å². The fraction of sp³-hybridized carbons (Fsp3) is 0.562. The molecule has 136 valence electrons. The van der Waals surface area contributed by atoms with Crippen molar-refractivity contribution in [1.29, 1.82) is 0 Å². The molecule has 0 spiro atoms. The number of hydrogen-bond acceptors (Lipinski definition) is 7. The second-order valence-corrected chi connectivity index (χ2v) is 6.30. The number of fused-ring (bicyclic) bond motifs is 1. The van der Waals surface area contributed by atoms with Crippen LogP contribution in [0.25, 0.3) is 5.52 Å². The van der Waals surface area contributed by atoms with Gasteiger partial charge >= 0.3 is 0 Å². The Balaban J connectivity index is 2.00. The number of anilines is 1. The average Bonchev–Trinajstić information content (AvgIpc) is 3.12. The molecule has 1 amide bonds. The van der Waals surface area contributed by atoms with Crippen molar-refractivity contribution < 1.29 is 24.9 Å². The lowest BCUT2D eigenvalue weighted by Crippen LogP contribution is -2.39. The third-order valence-corrected chi connectivity index (χ3v) is 4.54. The van der Waals surface area contributed by atoms with E-state index in [1.807, 2.05) is 6.92 Å². The molecule has 4 N–H and O–H groups in total. The number of aliphatic hydroxyl groups is 3. The molecule has 2 aromatic heterocycles. The van der Waals surface area contributed by atoms with E-state index in [0.29, 0.717) is 23.4 Å². The number of carbonyl (C=O) groups excluding carboxylic acids is 1. The Morgan fingerprint density at radius 3 is 2.84 bits per heavy atom. The summed E-state index contributed by atoms with van der Waals surface area (Å²) in [6.07, 6.45) is -0.952. The lowest BCUT2D eigenvalue weighted by atomic mass is 9.93. The number of nitrogens with one attached hydrogen (secondary N) is 1. The van der Waals surface area contributed by atoms with Crippen LogP contribution in [0.4, 0.5) is 5.82 Å². The van der Waals surface area contributed by atoms with Gasteiger partial charge in [0.25, 0.3) is 0 Å². The van der Waals surface area contributed by atoms with Gasteiger partial charge in [0.2, 0.25) is 5.91 Å². The van der Waals surface area contributed by atoms with Gasteiger partial charge in [0, 0.05) is 6.42 Å². The Kier molecular flexibility index (Phi) is 4.74. The van der Waals surface area contributed by atoms with Crippen LogP contribution in [-0.2, 0) is 15.1 Å². The van der Waals surface area contributed by atoms with E-state index in [2.05, 4.69) is 15.4 Å². The predicted octanol–water partition coefficient (Wildman–Crippen LogP) is -0.204. The zero-order valence-electron chi connectivity index (χ0n) is 14.1. The van der Waals surface area contributed by atoms with Crippen molar-refractivity contribution in [1.82, 2.24) is 14.6 Å².